The van der Waals surface area contributed by atoms with E-state index in [1.807, 2.05) is 0 Å². The Morgan fingerprint density at radius 3 is 2.94 bits per heavy atom. The number of halogens is 1. The lowest BCUT2D eigenvalue weighted by Gasteiger charge is -2.10. The molecule has 1 atom stereocenters. The van der Waals surface area contributed by atoms with Gasteiger partial charge >= 0.3 is 0 Å². The summed E-state index contributed by atoms with van der Waals surface area (Å²) in [5, 5.41) is 17.1. The van der Waals surface area contributed by atoms with E-state index < -0.39 is 11.9 Å². The van der Waals surface area contributed by atoms with Crippen LogP contribution in [0.2, 0.25) is 0 Å². The van der Waals surface area contributed by atoms with Gasteiger partial charge in [0, 0.05) is 10.5 Å². The highest BCUT2D eigenvalue weighted by molar-refractivity contribution is 8.01. The zero-order valence-electron chi connectivity index (χ0n) is 8.42. The summed E-state index contributed by atoms with van der Waals surface area (Å²) in [5.41, 5.74) is 1.92. The Labute approximate surface area is 100 Å². The van der Waals surface area contributed by atoms with Crippen molar-refractivity contribution in [3.63, 3.8) is 0 Å². The van der Waals surface area contributed by atoms with E-state index in [0.717, 1.165) is 4.34 Å². The lowest BCUT2D eigenvalue weighted by Crippen LogP contribution is -1.98. The number of rotatable bonds is 3. The van der Waals surface area contributed by atoms with Crippen LogP contribution in [0.3, 0.4) is 0 Å². The molecule has 0 saturated carbocycles. The zero-order chi connectivity index (χ0) is 11.5. The minimum atomic E-state index is -0.836. The molecule has 0 aliphatic rings. The minimum absolute atomic E-state index is 0.308. The number of benzene rings is 1. The van der Waals surface area contributed by atoms with Gasteiger partial charge in [0.2, 0.25) is 0 Å². The van der Waals surface area contributed by atoms with Crippen molar-refractivity contribution in [3.05, 3.63) is 35.1 Å². The number of hydrogen-bond donors (Lipinski definition) is 1. The average molecular weight is 256 g/mol. The van der Waals surface area contributed by atoms with Crippen molar-refractivity contribution >= 4 is 23.1 Å². The number of hydrogen-bond acceptors (Lipinski definition) is 5. The van der Waals surface area contributed by atoms with Crippen LogP contribution in [-0.2, 0) is 0 Å². The smallest absolute Gasteiger partial charge is 0.178 e. The third kappa shape index (κ3) is 2.40. The van der Waals surface area contributed by atoms with Crippen LogP contribution in [0.5, 0.6) is 0 Å². The minimum Gasteiger partial charge on any atom is -0.389 e. The Morgan fingerprint density at radius 1 is 1.50 bits per heavy atom. The highest BCUT2D eigenvalue weighted by Crippen LogP contribution is 2.35. The summed E-state index contributed by atoms with van der Waals surface area (Å²) in [6.07, 6.45) is -0.836. The van der Waals surface area contributed by atoms with Crippen molar-refractivity contribution in [2.45, 2.75) is 22.3 Å². The normalized spacial score (nSPS) is 12.7. The molecule has 0 bridgehead atoms. The Kier molecular flexibility index (Phi) is 3.52. The topological polar surface area (TPSA) is 46.0 Å². The molecule has 0 radical (unpaired) electrons. The summed E-state index contributed by atoms with van der Waals surface area (Å²) in [4.78, 5) is 0.673. The van der Waals surface area contributed by atoms with Gasteiger partial charge in [-0.15, -0.1) is 10.2 Å². The second-order valence-corrected chi connectivity index (χ2v) is 5.26. The summed E-state index contributed by atoms with van der Waals surface area (Å²) in [6, 6.07) is 4.72. The van der Waals surface area contributed by atoms with E-state index in [0.29, 0.717) is 10.5 Å². The fourth-order valence-electron chi connectivity index (χ4n) is 1.31. The molecule has 1 N–H and O–H groups in total. The largest absolute Gasteiger partial charge is 0.389 e. The van der Waals surface area contributed by atoms with Gasteiger partial charge in [0.25, 0.3) is 0 Å². The van der Waals surface area contributed by atoms with E-state index >= 15 is 0 Å². The van der Waals surface area contributed by atoms with Crippen LogP contribution < -0.4 is 0 Å². The molecule has 2 rings (SSSR count). The van der Waals surface area contributed by atoms with Crippen molar-refractivity contribution in [1.82, 2.24) is 10.2 Å². The molecule has 84 valence electrons. The summed E-state index contributed by atoms with van der Waals surface area (Å²) >= 11 is 2.69. The maximum absolute atomic E-state index is 13.5. The first kappa shape index (κ1) is 11.5. The molecule has 2 aromatic rings. The van der Waals surface area contributed by atoms with Gasteiger partial charge in [0.1, 0.15) is 11.3 Å². The molecule has 1 aromatic carbocycles. The van der Waals surface area contributed by atoms with Gasteiger partial charge in [-0.3, -0.25) is 0 Å². The third-order valence-corrected chi connectivity index (χ3v) is 3.82. The van der Waals surface area contributed by atoms with E-state index in [1.54, 1.807) is 24.6 Å². The van der Waals surface area contributed by atoms with Crippen LogP contribution in [-0.4, -0.2) is 15.3 Å². The van der Waals surface area contributed by atoms with E-state index in [4.69, 9.17) is 0 Å². The van der Waals surface area contributed by atoms with Crippen LogP contribution in [0.15, 0.2) is 32.9 Å². The molecule has 3 nitrogen and oxygen atoms in total. The van der Waals surface area contributed by atoms with Gasteiger partial charge < -0.3 is 5.11 Å². The van der Waals surface area contributed by atoms with Gasteiger partial charge in [-0.2, -0.15) is 0 Å². The highest BCUT2D eigenvalue weighted by Gasteiger charge is 2.15. The summed E-state index contributed by atoms with van der Waals surface area (Å²) < 4.78 is 14.3. The second-order valence-electron chi connectivity index (χ2n) is 3.13. The highest BCUT2D eigenvalue weighted by atomic mass is 32.2. The lowest BCUT2D eigenvalue weighted by atomic mass is 10.1. The Morgan fingerprint density at radius 2 is 2.31 bits per heavy atom. The fraction of sp³-hybridized carbons (Fsp3) is 0.200. The first-order valence-corrected chi connectivity index (χ1v) is 6.28. The molecule has 6 heteroatoms. The molecule has 0 spiro atoms. The van der Waals surface area contributed by atoms with E-state index in [1.165, 1.54) is 29.2 Å². The first-order valence-electron chi connectivity index (χ1n) is 4.59. The molecule has 0 saturated heterocycles. The molecule has 16 heavy (non-hydrogen) atoms. The molecule has 1 aromatic heterocycles. The predicted molar refractivity (Wildman–Crippen MR) is 61.1 cm³/mol. The monoisotopic (exact) mass is 256 g/mol. The van der Waals surface area contributed by atoms with Gasteiger partial charge in [0.05, 0.1) is 6.10 Å². The summed E-state index contributed by atoms with van der Waals surface area (Å²) in [5.74, 6) is -0.399. The average Bonchev–Trinajstić information content (AvgIpc) is 2.70. The molecular weight excluding hydrogens is 247 g/mol. The number of nitrogens with zero attached hydrogens (tertiary/aromatic N) is 2. The first-order chi connectivity index (χ1) is 7.68. The quantitative estimate of drug-likeness (QED) is 0.917. The predicted octanol–water partition coefficient (Wildman–Crippen LogP) is 2.88. The number of aliphatic hydroxyl groups excluding tert-OH is 1. The molecule has 1 unspecified atom stereocenters. The standard InChI is InChI=1S/C10H9FN2OS2/c1-6(14)9-7(11)3-2-4-8(9)16-10-13-12-5-15-10/h2-6,14H,1H3. The van der Waals surface area contributed by atoms with Crippen molar-refractivity contribution in [3.8, 4) is 0 Å². The summed E-state index contributed by atoms with van der Waals surface area (Å²) in [6.45, 7) is 1.54. The molecule has 1 heterocycles. The maximum atomic E-state index is 13.5. The van der Waals surface area contributed by atoms with Crippen LogP contribution >= 0.6 is 23.1 Å². The Balaban J connectivity index is 2.37. The molecule has 0 aliphatic carbocycles. The number of aliphatic hydroxyl groups is 1. The Hall–Kier alpha value is -0.980. The fourth-order valence-corrected chi connectivity index (χ4v) is 2.98. The van der Waals surface area contributed by atoms with Crippen molar-refractivity contribution in [1.29, 1.82) is 0 Å². The van der Waals surface area contributed by atoms with Crippen molar-refractivity contribution in [2.24, 2.45) is 0 Å². The summed E-state index contributed by atoms with van der Waals surface area (Å²) in [7, 11) is 0. The molecule has 0 aliphatic heterocycles. The molecular formula is C10H9FN2OS2. The van der Waals surface area contributed by atoms with Gasteiger partial charge in [0.15, 0.2) is 4.34 Å². The van der Waals surface area contributed by atoms with Crippen LogP contribution in [0.4, 0.5) is 4.39 Å². The SMILES string of the molecule is CC(O)c1c(F)cccc1Sc1nncs1. The van der Waals surface area contributed by atoms with Gasteiger partial charge in [-0.1, -0.05) is 29.2 Å². The van der Waals surface area contributed by atoms with Crippen LogP contribution in [0, 0.1) is 5.82 Å². The molecule has 0 amide bonds. The Bertz CT molecular complexity index is 474. The maximum Gasteiger partial charge on any atom is 0.178 e. The van der Waals surface area contributed by atoms with E-state index in [2.05, 4.69) is 10.2 Å². The third-order valence-electron chi connectivity index (χ3n) is 1.97. The number of aromatic nitrogens is 2. The van der Waals surface area contributed by atoms with Gasteiger partial charge in [-0.05, 0) is 19.1 Å². The van der Waals surface area contributed by atoms with E-state index in [-0.39, 0.29) is 0 Å². The van der Waals surface area contributed by atoms with E-state index in [9.17, 15) is 9.50 Å². The lowest BCUT2D eigenvalue weighted by molar-refractivity contribution is 0.191. The van der Waals surface area contributed by atoms with Crippen LogP contribution in [0.25, 0.3) is 0 Å². The molecule has 0 fully saturated rings. The van der Waals surface area contributed by atoms with Gasteiger partial charge in [-0.25, -0.2) is 4.39 Å². The zero-order valence-corrected chi connectivity index (χ0v) is 10.1. The van der Waals surface area contributed by atoms with Crippen molar-refractivity contribution in [2.75, 3.05) is 0 Å². The second kappa shape index (κ2) is 4.90. The van der Waals surface area contributed by atoms with Crippen LogP contribution in [0.1, 0.15) is 18.6 Å². The van der Waals surface area contributed by atoms with Crippen molar-refractivity contribution < 1.29 is 9.50 Å².